The maximum atomic E-state index is 11.8. The van der Waals surface area contributed by atoms with Crippen molar-refractivity contribution in [1.82, 2.24) is 0 Å². The van der Waals surface area contributed by atoms with Crippen LogP contribution in [-0.4, -0.2) is 168 Å². The zero-order valence-electron chi connectivity index (χ0n) is 98.1. The Labute approximate surface area is 892 Å². The molecule has 0 spiro atoms. The second-order valence-electron chi connectivity index (χ2n) is 60.6. The Kier molecular flexibility index (Phi) is 36.7. The molecule has 0 heterocycles. The van der Waals surface area contributed by atoms with Gasteiger partial charge in [0.25, 0.3) is 0 Å². The summed E-state index contributed by atoms with van der Waals surface area (Å²) >= 11 is 0. The predicted molar refractivity (Wildman–Crippen MR) is 591 cm³/mol. The molecule has 20 fully saturated rings. The van der Waals surface area contributed by atoms with Crippen LogP contribution in [0.4, 0.5) is 0 Å². The summed E-state index contributed by atoms with van der Waals surface area (Å²) in [4.78, 5) is 0. The number of unbranched alkanes of at least 4 members (excludes halogenated alkanes) is 1. The number of rotatable bonds is 21. The number of fused-ring (bicyclic) bond motifs is 25. The van der Waals surface area contributed by atoms with Gasteiger partial charge in [0.2, 0.25) is 0 Å². The van der Waals surface area contributed by atoms with Crippen molar-refractivity contribution in [3.05, 3.63) is 0 Å². The predicted octanol–water partition coefficient (Wildman–Crippen LogP) is 25.5. The maximum absolute atomic E-state index is 11.8. The van der Waals surface area contributed by atoms with Gasteiger partial charge in [-0.15, -0.1) is 0 Å². The highest BCUT2D eigenvalue weighted by Gasteiger charge is 2.75. The highest BCUT2D eigenvalue weighted by Crippen LogP contribution is 2.78. The monoisotopic (exact) mass is 2050 g/mol. The zero-order chi connectivity index (χ0) is 106. The van der Waals surface area contributed by atoms with E-state index in [0.717, 1.165) is 161 Å². The molecule has 146 heavy (non-hydrogen) atoms. The molecule has 20 aliphatic rings. The lowest BCUT2D eigenvalue weighted by Crippen LogP contribution is -2.65. The van der Waals surface area contributed by atoms with E-state index in [1.807, 2.05) is 0 Å². The molecule has 20 rings (SSSR count). The van der Waals surface area contributed by atoms with E-state index in [0.29, 0.717) is 118 Å². The van der Waals surface area contributed by atoms with E-state index in [9.17, 15) is 76.6 Å². The quantitative estimate of drug-likeness (QED) is 0.0508. The van der Waals surface area contributed by atoms with Gasteiger partial charge in [-0.05, 0) is 454 Å². The van der Waals surface area contributed by atoms with E-state index >= 15 is 0 Å². The van der Waals surface area contributed by atoms with Crippen molar-refractivity contribution in [2.75, 3.05) is 0 Å². The van der Waals surface area contributed by atoms with E-state index in [1.54, 1.807) is 0 Å². The molecule has 20 saturated carbocycles. The third-order valence-corrected chi connectivity index (χ3v) is 54.4. The van der Waals surface area contributed by atoms with Crippen LogP contribution in [0.15, 0.2) is 0 Å². The van der Waals surface area contributed by atoms with Gasteiger partial charge < -0.3 is 76.6 Å². The van der Waals surface area contributed by atoms with Gasteiger partial charge in [0, 0.05) is 0 Å². The number of aliphatic hydroxyl groups is 15. The first-order valence-electron chi connectivity index (χ1n) is 64.1. The van der Waals surface area contributed by atoms with E-state index in [-0.39, 0.29) is 234 Å². The van der Waals surface area contributed by atoms with E-state index in [1.165, 1.54) is 135 Å². The smallest absolute Gasteiger partial charge is 0.0605 e. The van der Waals surface area contributed by atoms with Crippen molar-refractivity contribution in [1.29, 1.82) is 0 Å². The molecule has 15 heteroatoms. The Bertz CT molecular complexity index is 3760. The van der Waals surface area contributed by atoms with E-state index < -0.39 is 0 Å². The fourth-order valence-electron chi connectivity index (χ4n) is 48.6. The fraction of sp³-hybridized carbons (Fsp3) is 1.00. The van der Waals surface area contributed by atoms with Crippen LogP contribution >= 0.6 is 0 Å². The molecule has 60 atom stereocenters. The summed E-state index contributed by atoms with van der Waals surface area (Å²) in [6.07, 6.45) is 44.7. The van der Waals surface area contributed by atoms with Crippen LogP contribution in [0.1, 0.15) is 468 Å². The minimum atomic E-state index is -0.327. The van der Waals surface area contributed by atoms with Crippen molar-refractivity contribution in [3.8, 4) is 0 Å². The van der Waals surface area contributed by atoms with Crippen LogP contribution in [0, 0.1) is 261 Å². The highest BCUT2D eigenvalue weighted by atomic mass is 16.3. The molecular weight excluding hydrogens is 1810 g/mol. The second kappa shape index (κ2) is 45.5. The third-order valence-electron chi connectivity index (χ3n) is 54.4. The molecule has 0 bridgehead atoms. The van der Waals surface area contributed by atoms with E-state index in [4.69, 9.17) is 0 Å². The lowest BCUT2D eigenvalue weighted by Gasteiger charge is -2.66. The SMILES string of the molecule is CCCC[C@@H](C)[C@H]1CCC2[C@H]3C([C@@H](O)C[C@@]21C)[C@@]1(C)CC[C@@H](O)C[C@H]1[C@@H](CC)[C@H]3O.CCC[C@@H](C)[C@H]1CCC2[C@H]3C([C@@H](O)C[C@@]21C)[C@@]1(C)CC[C@@H](O)C[C@H]1[C@@H](CC)[C@H]3O.CCC[C@@H](C)[C@H]1CCC2[C@H]3C([C@@H](O)C[C@@]21C)[C@@]1(C)CC[C@@H](O)C[C@H]1[C@@H](CC)[C@H]3O.CCC[C@@H](C)[C@H]1CCC2[C@H]3C([C@@H](O)C[C@@]21C)[C@@]1(C)CC[C@@H](O)C[C@H]1[C@@H](CC)[C@H]3O.CCC[C@@H](C)[C@H]1CCC2[C@H]3C([C@H](O)C[C@@]21C)[C@@]1(C)CC[C@@H](O)C[C@H]1[C@@H](CC)[C@H]3O. The van der Waals surface area contributed by atoms with Crippen LogP contribution in [0.25, 0.3) is 0 Å². The maximum Gasteiger partial charge on any atom is 0.0605 e. The molecule has 0 saturated heterocycles. The summed E-state index contributed by atoms with van der Waals surface area (Å²) in [5.74, 6) is 14.6. The van der Waals surface area contributed by atoms with Gasteiger partial charge in [0.05, 0.1) is 91.6 Å². The standard InChI is InChI=1S/C27H48O3.4C26H46O3/c1-6-8-9-16(3)19-10-11-20-23-24(22(29)15-27(19,20)5)26(4)13-12-17(28)14-21(26)18(7-2)25(23)30;4*1-6-8-15(3)18-9-10-19-22-23(21(28)14-26(18,19)5)25(4)12-11-16(27)13-20(25)17(7-2)24(22)29/h16-25,28-30H,6-15H2,1-5H3;4*15-24,27-29H,6-14H2,1-5H3/t16-,17-,18-,19-,20?,21+,22+,23+,24?,25-,26+,27-;3*15-,16-,17-,18-,19?,20+,21+,22+,23?,24-,25+,26-;15-,16-,17-,18-,19?,20+,21-,22+,23?,24-,25+,26-/m11111/s1. The summed E-state index contributed by atoms with van der Waals surface area (Å²) in [7, 11) is 0. The first-order valence-corrected chi connectivity index (χ1v) is 64.1. The Balaban J connectivity index is 0.000000131. The van der Waals surface area contributed by atoms with Crippen LogP contribution in [0.5, 0.6) is 0 Å². The van der Waals surface area contributed by atoms with Crippen molar-refractivity contribution in [2.45, 2.75) is 560 Å². The molecule has 15 N–H and O–H groups in total. The summed E-state index contributed by atoms with van der Waals surface area (Å²) in [6.45, 7) is 58.9. The van der Waals surface area contributed by atoms with Crippen LogP contribution in [0.2, 0.25) is 0 Å². The first kappa shape index (κ1) is 118. The van der Waals surface area contributed by atoms with Gasteiger partial charge >= 0.3 is 0 Å². The highest BCUT2D eigenvalue weighted by molar-refractivity contribution is 5.24. The van der Waals surface area contributed by atoms with Crippen LogP contribution in [-0.2, 0) is 0 Å². The molecule has 15 nitrogen and oxygen atoms in total. The lowest BCUT2D eigenvalue weighted by atomic mass is 9.40. The minimum Gasteiger partial charge on any atom is -0.393 e. The number of hydrogen-bond donors (Lipinski definition) is 15. The average molecular weight is 2050 g/mol. The van der Waals surface area contributed by atoms with Crippen LogP contribution in [0.3, 0.4) is 0 Å². The first-order chi connectivity index (χ1) is 68.9. The fourth-order valence-corrected chi connectivity index (χ4v) is 48.6. The second-order valence-corrected chi connectivity index (χ2v) is 60.6. The van der Waals surface area contributed by atoms with Gasteiger partial charge in [-0.25, -0.2) is 0 Å². The molecule has 0 aromatic heterocycles. The Morgan fingerprint density at radius 2 is 0.363 bits per heavy atom. The molecule has 0 radical (unpaired) electrons. The molecule has 0 amide bonds. The average Bonchev–Trinajstić information content (AvgIpc) is 0.959. The lowest BCUT2D eigenvalue weighted by molar-refractivity contribution is -0.235. The van der Waals surface area contributed by atoms with Crippen molar-refractivity contribution < 1.29 is 76.6 Å². The van der Waals surface area contributed by atoms with Crippen LogP contribution < -0.4 is 0 Å². The molecule has 20 aliphatic carbocycles. The Hall–Kier alpha value is -0.600. The molecule has 846 valence electrons. The van der Waals surface area contributed by atoms with Gasteiger partial charge in [0.1, 0.15) is 0 Å². The number of aliphatic hydroxyl groups excluding tert-OH is 15. The largest absolute Gasteiger partial charge is 0.393 e. The molecule has 0 aliphatic heterocycles. The summed E-state index contributed by atoms with van der Waals surface area (Å²) in [6, 6.07) is 0. The van der Waals surface area contributed by atoms with Crippen molar-refractivity contribution in [2.24, 2.45) is 261 Å². The van der Waals surface area contributed by atoms with Crippen molar-refractivity contribution in [3.63, 3.8) is 0 Å². The minimum absolute atomic E-state index is 0.0520. The van der Waals surface area contributed by atoms with Gasteiger partial charge in [0.15, 0.2) is 0 Å². The van der Waals surface area contributed by atoms with Gasteiger partial charge in [-0.1, -0.05) is 276 Å². The Morgan fingerprint density at radius 1 is 0.199 bits per heavy atom. The topological polar surface area (TPSA) is 303 Å². The third kappa shape index (κ3) is 19.6. The van der Waals surface area contributed by atoms with Crippen molar-refractivity contribution >= 4 is 0 Å². The molecular formula is C131H232O15. The van der Waals surface area contributed by atoms with Gasteiger partial charge in [-0.3, -0.25) is 0 Å². The molecule has 0 aromatic rings. The van der Waals surface area contributed by atoms with E-state index in [2.05, 4.69) is 173 Å². The Morgan fingerprint density at radius 3 is 0.514 bits per heavy atom. The summed E-state index contributed by atoms with van der Waals surface area (Å²) in [5, 5.41) is 169. The molecule has 10 unspecified atom stereocenters. The van der Waals surface area contributed by atoms with Gasteiger partial charge in [-0.2, -0.15) is 0 Å². The summed E-state index contributed by atoms with van der Waals surface area (Å²) in [5.41, 5.74) is 1.06. The number of hydrogen-bond acceptors (Lipinski definition) is 15. The normalized spacial score (nSPS) is 55.4. The molecule has 0 aromatic carbocycles. The summed E-state index contributed by atoms with van der Waals surface area (Å²) < 4.78 is 0. The zero-order valence-corrected chi connectivity index (χ0v) is 98.1.